The van der Waals surface area contributed by atoms with E-state index in [4.69, 9.17) is 9.73 Å². The van der Waals surface area contributed by atoms with E-state index in [-0.39, 0.29) is 0 Å². The van der Waals surface area contributed by atoms with Crippen LogP contribution in [0.15, 0.2) is 4.99 Å². The van der Waals surface area contributed by atoms with Crippen LogP contribution in [0, 0.1) is 5.92 Å². The van der Waals surface area contributed by atoms with Gasteiger partial charge in [0.15, 0.2) is 5.96 Å². The van der Waals surface area contributed by atoms with Gasteiger partial charge in [-0.3, -0.25) is 9.89 Å². The van der Waals surface area contributed by atoms with Crippen molar-refractivity contribution in [2.45, 2.75) is 26.0 Å². The predicted molar refractivity (Wildman–Crippen MR) is 95.9 cm³/mol. The van der Waals surface area contributed by atoms with Crippen LogP contribution in [0.25, 0.3) is 0 Å². The van der Waals surface area contributed by atoms with Crippen LogP contribution in [0.2, 0.25) is 0 Å². The van der Waals surface area contributed by atoms with Crippen LogP contribution in [-0.2, 0) is 4.74 Å². The van der Waals surface area contributed by atoms with E-state index in [1.54, 1.807) is 0 Å². The molecule has 0 aromatic heterocycles. The SMILES string of the molecule is CCNC(=NCCN1CCOCC1)N1CCSC(C(C)C)C1. The van der Waals surface area contributed by atoms with Gasteiger partial charge in [0, 0.05) is 50.3 Å². The summed E-state index contributed by atoms with van der Waals surface area (Å²) in [6.45, 7) is 15.7. The Hall–Kier alpha value is -0.460. The zero-order chi connectivity index (χ0) is 15.8. The molecule has 0 aromatic carbocycles. The molecule has 2 rings (SSSR count). The summed E-state index contributed by atoms with van der Waals surface area (Å²) < 4.78 is 5.39. The van der Waals surface area contributed by atoms with Gasteiger partial charge in [0.25, 0.3) is 0 Å². The van der Waals surface area contributed by atoms with E-state index in [9.17, 15) is 0 Å². The van der Waals surface area contributed by atoms with Crippen molar-refractivity contribution >= 4 is 17.7 Å². The molecule has 22 heavy (non-hydrogen) atoms. The minimum absolute atomic E-state index is 0.719. The Morgan fingerprint density at radius 2 is 2.09 bits per heavy atom. The maximum absolute atomic E-state index is 5.39. The number of nitrogens with one attached hydrogen (secondary N) is 1. The molecule has 2 heterocycles. The maximum Gasteiger partial charge on any atom is 0.194 e. The number of aliphatic imine (C=N–C) groups is 1. The average molecular weight is 329 g/mol. The monoisotopic (exact) mass is 328 g/mol. The quantitative estimate of drug-likeness (QED) is 0.609. The third-order valence-corrected chi connectivity index (χ3v) is 5.79. The molecule has 0 amide bonds. The lowest BCUT2D eigenvalue weighted by molar-refractivity contribution is 0.0394. The molecule has 5 nitrogen and oxygen atoms in total. The molecule has 0 bridgehead atoms. The van der Waals surface area contributed by atoms with Crippen molar-refractivity contribution in [2.75, 3.05) is 64.8 Å². The molecule has 0 spiro atoms. The van der Waals surface area contributed by atoms with Crippen molar-refractivity contribution in [3.05, 3.63) is 0 Å². The van der Waals surface area contributed by atoms with Gasteiger partial charge in [-0.05, 0) is 12.8 Å². The van der Waals surface area contributed by atoms with E-state index >= 15 is 0 Å². The Kier molecular flexibility index (Phi) is 7.83. The molecule has 0 radical (unpaired) electrons. The normalized spacial score (nSPS) is 24.8. The Morgan fingerprint density at radius 3 is 2.77 bits per heavy atom. The summed E-state index contributed by atoms with van der Waals surface area (Å²) >= 11 is 2.11. The van der Waals surface area contributed by atoms with E-state index in [1.165, 1.54) is 5.75 Å². The largest absolute Gasteiger partial charge is 0.379 e. The van der Waals surface area contributed by atoms with E-state index < -0.39 is 0 Å². The van der Waals surface area contributed by atoms with Crippen molar-refractivity contribution in [3.8, 4) is 0 Å². The highest BCUT2D eigenvalue weighted by Gasteiger charge is 2.24. The third kappa shape index (κ3) is 5.63. The fourth-order valence-corrected chi connectivity index (χ4v) is 4.12. The third-order valence-electron chi connectivity index (χ3n) is 4.25. The van der Waals surface area contributed by atoms with Gasteiger partial charge in [-0.15, -0.1) is 0 Å². The molecule has 128 valence electrons. The molecule has 1 unspecified atom stereocenters. The summed E-state index contributed by atoms with van der Waals surface area (Å²) in [5, 5.41) is 4.19. The molecule has 2 aliphatic rings. The molecule has 0 aromatic rings. The first-order valence-corrected chi connectivity index (χ1v) is 9.70. The van der Waals surface area contributed by atoms with Gasteiger partial charge in [-0.1, -0.05) is 13.8 Å². The first kappa shape index (κ1) is 17.9. The first-order valence-electron chi connectivity index (χ1n) is 8.65. The van der Waals surface area contributed by atoms with E-state index in [0.29, 0.717) is 0 Å². The smallest absolute Gasteiger partial charge is 0.194 e. The molecule has 0 aliphatic carbocycles. The predicted octanol–water partition coefficient (Wildman–Crippen LogP) is 1.36. The Balaban J connectivity index is 1.85. The topological polar surface area (TPSA) is 40.1 Å². The Bertz CT molecular complexity index is 345. The van der Waals surface area contributed by atoms with Crippen LogP contribution in [0.3, 0.4) is 0 Å². The van der Waals surface area contributed by atoms with Crippen molar-refractivity contribution in [1.82, 2.24) is 15.1 Å². The highest BCUT2D eigenvalue weighted by molar-refractivity contribution is 8.00. The standard InChI is InChI=1S/C16H32N4OS/c1-4-17-16(18-5-6-19-7-10-21-11-8-19)20-9-12-22-15(13-20)14(2)3/h14-15H,4-13H2,1-3H3,(H,17,18). The zero-order valence-corrected chi connectivity index (χ0v) is 15.2. The highest BCUT2D eigenvalue weighted by atomic mass is 32.2. The van der Waals surface area contributed by atoms with Gasteiger partial charge in [0.1, 0.15) is 0 Å². The van der Waals surface area contributed by atoms with Gasteiger partial charge in [0.05, 0.1) is 19.8 Å². The number of guanidine groups is 1. The van der Waals surface area contributed by atoms with Crippen LogP contribution < -0.4 is 5.32 Å². The molecule has 1 atom stereocenters. The fourth-order valence-electron chi connectivity index (χ4n) is 2.82. The minimum atomic E-state index is 0.719. The summed E-state index contributed by atoms with van der Waals surface area (Å²) in [7, 11) is 0. The molecule has 0 saturated carbocycles. The molecular formula is C16H32N4OS. The highest BCUT2D eigenvalue weighted by Crippen LogP contribution is 2.24. The van der Waals surface area contributed by atoms with E-state index in [2.05, 4.69) is 47.6 Å². The number of ether oxygens (including phenoxy) is 1. The molecule has 2 saturated heterocycles. The molecule has 2 aliphatic heterocycles. The molecular weight excluding hydrogens is 296 g/mol. The second kappa shape index (κ2) is 9.63. The van der Waals surface area contributed by atoms with E-state index in [0.717, 1.165) is 76.2 Å². The van der Waals surface area contributed by atoms with Gasteiger partial charge in [-0.2, -0.15) is 11.8 Å². The van der Waals surface area contributed by atoms with Gasteiger partial charge in [-0.25, -0.2) is 0 Å². The summed E-state index contributed by atoms with van der Waals surface area (Å²) in [5.74, 6) is 3.03. The van der Waals surface area contributed by atoms with E-state index in [1.807, 2.05) is 0 Å². The minimum Gasteiger partial charge on any atom is -0.379 e. The van der Waals surface area contributed by atoms with Crippen LogP contribution in [-0.4, -0.2) is 85.8 Å². The number of rotatable bonds is 5. The maximum atomic E-state index is 5.39. The number of hydrogen-bond donors (Lipinski definition) is 1. The number of thioether (sulfide) groups is 1. The van der Waals surface area contributed by atoms with Crippen molar-refractivity contribution in [3.63, 3.8) is 0 Å². The summed E-state index contributed by atoms with van der Waals surface area (Å²) in [4.78, 5) is 9.76. The second-order valence-corrected chi connectivity index (χ2v) is 7.64. The van der Waals surface area contributed by atoms with Crippen LogP contribution in [0.5, 0.6) is 0 Å². The Morgan fingerprint density at radius 1 is 1.32 bits per heavy atom. The fraction of sp³-hybridized carbons (Fsp3) is 0.938. The van der Waals surface area contributed by atoms with Crippen molar-refractivity contribution in [1.29, 1.82) is 0 Å². The number of nitrogens with zero attached hydrogens (tertiary/aromatic N) is 3. The van der Waals surface area contributed by atoms with Gasteiger partial charge in [0.2, 0.25) is 0 Å². The zero-order valence-electron chi connectivity index (χ0n) is 14.4. The molecule has 6 heteroatoms. The van der Waals surface area contributed by atoms with Crippen molar-refractivity contribution in [2.24, 2.45) is 10.9 Å². The lowest BCUT2D eigenvalue weighted by Crippen LogP contribution is -2.49. The van der Waals surface area contributed by atoms with Gasteiger partial charge < -0.3 is 15.0 Å². The number of hydrogen-bond acceptors (Lipinski definition) is 4. The number of morpholine rings is 1. The lowest BCUT2D eigenvalue weighted by Gasteiger charge is -2.36. The summed E-state index contributed by atoms with van der Waals surface area (Å²) in [6.07, 6.45) is 0. The summed E-state index contributed by atoms with van der Waals surface area (Å²) in [6, 6.07) is 0. The van der Waals surface area contributed by atoms with Crippen LogP contribution in [0.1, 0.15) is 20.8 Å². The summed E-state index contributed by atoms with van der Waals surface area (Å²) in [5.41, 5.74) is 0. The van der Waals surface area contributed by atoms with Crippen LogP contribution in [0.4, 0.5) is 0 Å². The van der Waals surface area contributed by atoms with Crippen molar-refractivity contribution < 1.29 is 4.74 Å². The van der Waals surface area contributed by atoms with Gasteiger partial charge >= 0.3 is 0 Å². The molecule has 1 N–H and O–H groups in total. The van der Waals surface area contributed by atoms with Crippen LogP contribution >= 0.6 is 11.8 Å². The Labute approximate surface area is 139 Å². The molecule has 2 fully saturated rings. The first-order chi connectivity index (χ1) is 10.7. The lowest BCUT2D eigenvalue weighted by atomic mass is 10.1. The second-order valence-electron chi connectivity index (χ2n) is 6.29. The average Bonchev–Trinajstić information content (AvgIpc) is 2.55.